The Morgan fingerprint density at radius 1 is 0.957 bits per heavy atom. The Balaban J connectivity index is 0.000000650. The molecular weight excluding hydrogens is 645 g/mol. The molecule has 0 spiro atoms. The minimum atomic E-state index is -0.522. The highest BCUT2D eigenvalue weighted by Gasteiger charge is 2.20. The summed E-state index contributed by atoms with van der Waals surface area (Å²) in [7, 11) is 6.32. The van der Waals surface area contributed by atoms with Crippen molar-refractivity contribution in [2.75, 3.05) is 26.0 Å². The van der Waals surface area contributed by atoms with Crippen molar-refractivity contribution in [3.05, 3.63) is 85.0 Å². The SMILES string of the molecule is CNCc1ncc(-c2cccc(-c3cccc(Nc4nc(C)nc5c4c(=O)n(C)c(=O)n5C)c3Cl)c2Cl)nc1OC.O=C1CCCN1. The lowest BCUT2D eigenvalue weighted by Crippen LogP contribution is -2.37. The normalized spacial score (nSPS) is 12.4. The zero-order valence-electron chi connectivity index (χ0n) is 26.4. The molecule has 2 aromatic carbocycles. The second-order valence-electron chi connectivity index (χ2n) is 10.7. The molecule has 244 valence electrons. The first-order valence-corrected chi connectivity index (χ1v) is 15.4. The van der Waals surface area contributed by atoms with E-state index in [1.54, 1.807) is 33.3 Å². The van der Waals surface area contributed by atoms with Crippen LogP contribution < -0.4 is 31.9 Å². The zero-order valence-corrected chi connectivity index (χ0v) is 28.0. The number of ether oxygens (including phenoxy) is 1. The van der Waals surface area contributed by atoms with E-state index >= 15 is 0 Å². The minimum Gasteiger partial charge on any atom is -0.480 e. The van der Waals surface area contributed by atoms with Gasteiger partial charge in [-0.3, -0.25) is 23.7 Å². The number of methoxy groups -OCH3 is 1. The number of hydrogen-bond donors (Lipinski definition) is 3. The first-order chi connectivity index (χ1) is 22.5. The van der Waals surface area contributed by atoms with Gasteiger partial charge in [-0.25, -0.2) is 19.7 Å². The third kappa shape index (κ3) is 6.82. The molecule has 1 fully saturated rings. The van der Waals surface area contributed by atoms with E-state index in [1.807, 2.05) is 37.4 Å². The highest BCUT2D eigenvalue weighted by atomic mass is 35.5. The highest BCUT2D eigenvalue weighted by Crippen LogP contribution is 2.42. The van der Waals surface area contributed by atoms with Crippen LogP contribution in [0.1, 0.15) is 24.4 Å². The second-order valence-corrected chi connectivity index (χ2v) is 11.4. The predicted molar refractivity (Wildman–Crippen MR) is 183 cm³/mol. The van der Waals surface area contributed by atoms with Crippen molar-refractivity contribution in [2.24, 2.45) is 14.1 Å². The van der Waals surface area contributed by atoms with E-state index in [4.69, 9.17) is 27.9 Å². The Bertz CT molecular complexity index is 2110. The van der Waals surface area contributed by atoms with Gasteiger partial charge in [-0.15, -0.1) is 0 Å². The van der Waals surface area contributed by atoms with E-state index in [1.165, 1.54) is 11.6 Å². The molecule has 3 N–H and O–H groups in total. The molecule has 6 rings (SSSR count). The Kier molecular flexibility index (Phi) is 10.2. The highest BCUT2D eigenvalue weighted by molar-refractivity contribution is 6.39. The summed E-state index contributed by atoms with van der Waals surface area (Å²) in [6, 6.07) is 11.0. The summed E-state index contributed by atoms with van der Waals surface area (Å²) >= 11 is 13.9. The number of carbonyl (C=O) groups excluding carboxylic acids is 1. The van der Waals surface area contributed by atoms with Crippen LogP contribution in [-0.4, -0.2) is 55.7 Å². The molecule has 0 unspecified atom stereocenters. The molecule has 13 nitrogen and oxygen atoms in total. The van der Waals surface area contributed by atoms with E-state index in [9.17, 15) is 14.4 Å². The summed E-state index contributed by atoms with van der Waals surface area (Å²) < 4.78 is 7.76. The number of nitrogens with zero attached hydrogens (tertiary/aromatic N) is 6. The lowest BCUT2D eigenvalue weighted by atomic mass is 10.0. The molecule has 15 heteroatoms. The van der Waals surface area contributed by atoms with Crippen LogP contribution in [0.2, 0.25) is 10.0 Å². The predicted octanol–water partition coefficient (Wildman–Crippen LogP) is 4.13. The molecule has 1 aliphatic rings. The number of benzene rings is 2. The van der Waals surface area contributed by atoms with Gasteiger partial charge >= 0.3 is 5.69 Å². The summed E-state index contributed by atoms with van der Waals surface area (Å²) in [5.41, 5.74) is 2.88. The number of nitrogens with one attached hydrogen (secondary N) is 3. The molecule has 0 bridgehead atoms. The Hall–Kier alpha value is -4.85. The van der Waals surface area contributed by atoms with Crippen molar-refractivity contribution in [3.63, 3.8) is 0 Å². The molecule has 0 aliphatic carbocycles. The summed E-state index contributed by atoms with van der Waals surface area (Å²) in [5.74, 6) is 1.21. The van der Waals surface area contributed by atoms with Crippen molar-refractivity contribution in [3.8, 4) is 28.3 Å². The lowest BCUT2D eigenvalue weighted by Gasteiger charge is -2.16. The van der Waals surface area contributed by atoms with Crippen LogP contribution in [0.5, 0.6) is 5.88 Å². The van der Waals surface area contributed by atoms with Crippen LogP contribution in [0.15, 0.2) is 52.2 Å². The maximum absolute atomic E-state index is 13.1. The van der Waals surface area contributed by atoms with E-state index in [0.29, 0.717) is 62.1 Å². The maximum Gasteiger partial charge on any atom is 0.332 e. The van der Waals surface area contributed by atoms with Crippen LogP contribution in [0.4, 0.5) is 11.5 Å². The molecule has 3 aromatic heterocycles. The van der Waals surface area contributed by atoms with Crippen molar-refractivity contribution >= 4 is 51.6 Å². The number of aromatic nitrogens is 6. The van der Waals surface area contributed by atoms with Gasteiger partial charge in [0, 0.05) is 50.3 Å². The van der Waals surface area contributed by atoms with Crippen molar-refractivity contribution in [1.29, 1.82) is 0 Å². The molecule has 0 saturated carbocycles. The van der Waals surface area contributed by atoms with E-state index in [0.717, 1.165) is 24.0 Å². The van der Waals surface area contributed by atoms with Gasteiger partial charge in [0.15, 0.2) is 5.65 Å². The topological polar surface area (TPSA) is 158 Å². The first-order valence-electron chi connectivity index (χ1n) is 14.7. The van der Waals surface area contributed by atoms with E-state index in [2.05, 4.69) is 35.9 Å². The molecule has 47 heavy (non-hydrogen) atoms. The van der Waals surface area contributed by atoms with Gasteiger partial charge in [0.2, 0.25) is 11.8 Å². The molecule has 4 heterocycles. The Morgan fingerprint density at radius 2 is 1.66 bits per heavy atom. The lowest BCUT2D eigenvalue weighted by molar-refractivity contribution is -0.119. The van der Waals surface area contributed by atoms with Crippen molar-refractivity contribution in [1.82, 2.24) is 39.7 Å². The van der Waals surface area contributed by atoms with Gasteiger partial charge in [-0.05, 0) is 26.5 Å². The van der Waals surface area contributed by atoms with Gasteiger partial charge in [0.25, 0.3) is 5.56 Å². The van der Waals surface area contributed by atoms with Crippen molar-refractivity contribution in [2.45, 2.75) is 26.3 Å². The number of rotatable bonds is 7. The number of halogens is 2. The van der Waals surface area contributed by atoms with Crippen LogP contribution in [-0.2, 0) is 25.4 Å². The van der Waals surface area contributed by atoms with Crippen LogP contribution in [0, 0.1) is 6.92 Å². The number of amides is 1. The fourth-order valence-electron chi connectivity index (χ4n) is 5.10. The van der Waals surface area contributed by atoms with Gasteiger partial charge in [-0.2, -0.15) is 0 Å². The van der Waals surface area contributed by atoms with Crippen LogP contribution >= 0.6 is 23.2 Å². The number of carbonyl (C=O) groups is 1. The fourth-order valence-corrected chi connectivity index (χ4v) is 5.70. The maximum atomic E-state index is 13.1. The molecule has 5 aromatic rings. The molecular formula is C32H33Cl2N9O4. The third-order valence-corrected chi connectivity index (χ3v) is 8.29. The largest absolute Gasteiger partial charge is 0.480 e. The summed E-state index contributed by atoms with van der Waals surface area (Å²) in [5, 5.41) is 9.85. The molecule has 0 atom stereocenters. The minimum absolute atomic E-state index is 0.163. The fraction of sp³-hybridized carbons (Fsp3) is 0.281. The molecule has 1 saturated heterocycles. The molecule has 0 radical (unpaired) electrons. The summed E-state index contributed by atoms with van der Waals surface area (Å²) in [6.07, 6.45) is 3.41. The van der Waals surface area contributed by atoms with E-state index < -0.39 is 11.2 Å². The quantitative estimate of drug-likeness (QED) is 0.229. The number of hydrogen-bond acceptors (Lipinski definition) is 10. The van der Waals surface area contributed by atoms with Gasteiger partial charge in [0.05, 0.1) is 34.7 Å². The monoisotopic (exact) mass is 677 g/mol. The average molecular weight is 679 g/mol. The number of aryl methyl sites for hydroxylation is 2. The third-order valence-electron chi connectivity index (χ3n) is 7.48. The Labute approximate surface area is 280 Å². The van der Waals surface area contributed by atoms with Gasteiger partial charge < -0.3 is 20.7 Å². The Morgan fingerprint density at radius 3 is 2.30 bits per heavy atom. The smallest absolute Gasteiger partial charge is 0.332 e. The van der Waals surface area contributed by atoms with Crippen molar-refractivity contribution < 1.29 is 9.53 Å². The summed E-state index contributed by atoms with van der Waals surface area (Å²) in [4.78, 5) is 53.6. The zero-order chi connectivity index (χ0) is 33.8. The molecule has 1 aliphatic heterocycles. The first kappa shape index (κ1) is 33.5. The molecule has 1 amide bonds. The number of fused-ring (bicyclic) bond motifs is 1. The summed E-state index contributed by atoms with van der Waals surface area (Å²) in [6.45, 7) is 3.07. The van der Waals surface area contributed by atoms with Gasteiger partial charge in [-0.1, -0.05) is 53.5 Å². The van der Waals surface area contributed by atoms with Crippen LogP contribution in [0.25, 0.3) is 33.4 Å². The second kappa shape index (κ2) is 14.3. The van der Waals surface area contributed by atoms with Gasteiger partial charge in [0.1, 0.15) is 22.7 Å². The standard InChI is InChI=1S/C28H26Cl2N8O3.C4H7NO/c1-14-33-24(21-25(34-14)37(3)28(40)38(4)27(21)39)35-18-11-7-9-16(23(18)30)15-8-6-10-17(22(15)29)19-13-32-20(12-31-2)26(36-19)41-5;6-4-2-1-3-5-4/h6-11,13,31H,12H2,1-5H3,(H,33,34,35);1-3H2,(H,5,6). The van der Waals surface area contributed by atoms with E-state index in [-0.39, 0.29) is 22.8 Å². The number of anilines is 2. The van der Waals surface area contributed by atoms with Crippen LogP contribution in [0.3, 0.4) is 0 Å². The average Bonchev–Trinajstić information content (AvgIpc) is 3.55.